The number of carbonyl (C=O) groups excluding carboxylic acids is 3. The summed E-state index contributed by atoms with van der Waals surface area (Å²) in [4.78, 5) is 48.4. The molecular weight excluding hydrogens is 739 g/mol. The van der Waals surface area contributed by atoms with Crippen LogP contribution in [0.3, 0.4) is 0 Å². The monoisotopic (exact) mass is 788 g/mol. The van der Waals surface area contributed by atoms with Crippen molar-refractivity contribution in [3.05, 3.63) is 87.2 Å². The second kappa shape index (κ2) is 20.3. The zero-order valence-corrected chi connectivity index (χ0v) is 32.5. The molecule has 5 N–H and O–H groups in total. The summed E-state index contributed by atoms with van der Waals surface area (Å²) in [6, 6.07) is 13.0. The number of nitrogens with zero attached hydrogens (tertiary/aromatic N) is 2. The summed E-state index contributed by atoms with van der Waals surface area (Å²) >= 11 is 5.83. The van der Waals surface area contributed by atoms with Crippen LogP contribution in [0.1, 0.15) is 92.1 Å². The summed E-state index contributed by atoms with van der Waals surface area (Å²) < 4.78 is 32.6. The van der Waals surface area contributed by atoms with E-state index in [0.29, 0.717) is 60.4 Å². The molecule has 0 radical (unpaired) electrons. The molecule has 0 aliphatic heterocycles. The van der Waals surface area contributed by atoms with Crippen molar-refractivity contribution in [2.45, 2.75) is 83.9 Å². The summed E-state index contributed by atoms with van der Waals surface area (Å²) in [6.07, 6.45) is 7.26. The third kappa shape index (κ3) is 12.6. The lowest BCUT2D eigenvalue weighted by atomic mass is 9.90. The molecule has 1 aliphatic rings. The van der Waals surface area contributed by atoms with Gasteiger partial charge in [-0.15, -0.1) is 11.6 Å². The highest BCUT2D eigenvalue weighted by molar-refractivity contribution is 7.58. The number of nitrogens with two attached hydrogens (primary N) is 1. The molecule has 54 heavy (non-hydrogen) atoms. The number of carbonyl (C=O) groups is 3. The van der Waals surface area contributed by atoms with Crippen LogP contribution in [0, 0.1) is 16.0 Å². The van der Waals surface area contributed by atoms with E-state index in [2.05, 4.69) is 15.7 Å². The minimum Gasteiger partial charge on any atom is -0.492 e. The van der Waals surface area contributed by atoms with Crippen LogP contribution in [0.15, 0.2) is 59.0 Å². The lowest BCUT2D eigenvalue weighted by molar-refractivity contribution is -0.402. The molecule has 0 bridgehead atoms. The first-order valence-electron chi connectivity index (χ1n) is 18.0. The molecule has 294 valence electrons. The van der Waals surface area contributed by atoms with Gasteiger partial charge in [0.25, 0.3) is 5.91 Å². The van der Waals surface area contributed by atoms with E-state index in [0.717, 1.165) is 12.8 Å². The van der Waals surface area contributed by atoms with E-state index in [1.54, 1.807) is 56.4 Å². The highest BCUT2D eigenvalue weighted by Gasteiger charge is 2.31. The molecule has 0 spiro atoms. The van der Waals surface area contributed by atoms with E-state index in [-0.39, 0.29) is 24.4 Å². The number of amides is 3. The zero-order chi connectivity index (χ0) is 39.3. The molecule has 15 nitrogen and oxygen atoms in total. The molecule has 1 saturated carbocycles. The van der Waals surface area contributed by atoms with Crippen molar-refractivity contribution in [1.82, 2.24) is 15.3 Å². The Morgan fingerprint density at radius 2 is 1.80 bits per heavy atom. The van der Waals surface area contributed by atoms with E-state index >= 15 is 0 Å². The van der Waals surface area contributed by atoms with Crippen LogP contribution < -0.4 is 26.2 Å². The number of alkyl halides is 1. The van der Waals surface area contributed by atoms with Gasteiger partial charge in [-0.25, -0.2) is 9.24 Å². The van der Waals surface area contributed by atoms with Crippen molar-refractivity contribution in [3.8, 4) is 5.75 Å². The molecule has 1 aromatic heterocycles. The fourth-order valence-corrected chi connectivity index (χ4v) is 7.94. The summed E-state index contributed by atoms with van der Waals surface area (Å²) in [5.41, 5.74) is 7.73. The lowest BCUT2D eigenvalue weighted by Gasteiger charge is -2.28. The smallest absolute Gasteiger partial charge is 0.433 e. The Bertz CT molecular complexity index is 1780. The maximum Gasteiger partial charge on any atom is 0.433 e. The Morgan fingerprint density at radius 3 is 2.43 bits per heavy atom. The van der Waals surface area contributed by atoms with Gasteiger partial charge < -0.3 is 30.6 Å². The molecule has 1 heterocycles. The van der Waals surface area contributed by atoms with Gasteiger partial charge in [-0.05, 0) is 87.0 Å². The standard InChI is InChI=1S/C37H50ClN6O9P/c1-25(29-13-17-34(32(22-29)36(39)46)51-23-28-9-5-4-6-10-28)40-37(47)33(41-26(2)45)21-27-11-14-30(15-12-27)42-54(50,43(3)20-8-7-19-38)52-24-31-16-18-35(53-31)44(48)49/h11-18,22,25,28,33H,4-10,19-21,23-24H2,1-3H3,(H2,39,46)(H,40,47)(H,41,45)(H,42,50)/t25?,33-,54?/m0/s1. The first-order chi connectivity index (χ1) is 25.8. The van der Waals surface area contributed by atoms with Crippen LogP contribution in [0.25, 0.3) is 0 Å². The van der Waals surface area contributed by atoms with Gasteiger partial charge >= 0.3 is 13.6 Å². The lowest BCUT2D eigenvalue weighted by Crippen LogP contribution is -2.48. The predicted molar refractivity (Wildman–Crippen MR) is 205 cm³/mol. The van der Waals surface area contributed by atoms with Crippen LogP contribution in [0.4, 0.5) is 11.6 Å². The Morgan fingerprint density at radius 1 is 1.07 bits per heavy atom. The number of ether oxygens (including phenoxy) is 1. The summed E-state index contributed by atoms with van der Waals surface area (Å²) in [7, 11) is -2.11. The minimum atomic E-state index is -3.75. The molecule has 2 aromatic carbocycles. The van der Waals surface area contributed by atoms with E-state index in [4.69, 9.17) is 31.0 Å². The van der Waals surface area contributed by atoms with Gasteiger partial charge in [-0.2, -0.15) is 0 Å². The van der Waals surface area contributed by atoms with Crippen LogP contribution in [-0.2, 0) is 31.7 Å². The molecule has 1 fully saturated rings. The molecule has 2 unspecified atom stereocenters. The van der Waals surface area contributed by atoms with Crippen molar-refractivity contribution in [2.24, 2.45) is 11.7 Å². The molecule has 1 aliphatic carbocycles. The van der Waals surface area contributed by atoms with Gasteiger partial charge in [0.05, 0.1) is 24.3 Å². The largest absolute Gasteiger partial charge is 0.492 e. The van der Waals surface area contributed by atoms with E-state index < -0.39 is 48.3 Å². The summed E-state index contributed by atoms with van der Waals surface area (Å²) in [5.74, 6) is -0.488. The van der Waals surface area contributed by atoms with Gasteiger partial charge in [-0.1, -0.05) is 37.5 Å². The number of unbranched alkanes of at least 4 members (excludes halogenated alkanes) is 1. The number of halogens is 1. The average Bonchev–Trinajstić information content (AvgIpc) is 3.63. The minimum absolute atomic E-state index is 0.133. The zero-order valence-electron chi connectivity index (χ0n) is 30.9. The van der Waals surface area contributed by atoms with Crippen molar-refractivity contribution < 1.29 is 37.5 Å². The fraction of sp³-hybridized carbons (Fsp3) is 0.486. The fourth-order valence-electron chi connectivity index (χ4n) is 6.14. The molecule has 17 heteroatoms. The number of rotatable bonds is 21. The second-order valence-electron chi connectivity index (χ2n) is 13.5. The third-order valence-electron chi connectivity index (χ3n) is 9.21. The third-order valence-corrected chi connectivity index (χ3v) is 11.6. The number of primary amides is 1. The predicted octanol–water partition coefficient (Wildman–Crippen LogP) is 6.86. The van der Waals surface area contributed by atoms with Gasteiger partial charge in [0, 0.05) is 31.5 Å². The maximum atomic E-state index is 14.1. The second-order valence-corrected chi connectivity index (χ2v) is 16.1. The molecule has 3 atom stereocenters. The van der Waals surface area contributed by atoms with Crippen molar-refractivity contribution in [2.75, 3.05) is 31.2 Å². The Kier molecular flexibility index (Phi) is 15.9. The van der Waals surface area contributed by atoms with Gasteiger partial charge in [0.1, 0.15) is 29.1 Å². The van der Waals surface area contributed by atoms with E-state index in [9.17, 15) is 29.1 Å². The van der Waals surface area contributed by atoms with Gasteiger partial charge in [0.15, 0.2) is 0 Å². The molecule has 0 saturated heterocycles. The Labute approximate surface area is 320 Å². The molecule has 3 aromatic rings. The van der Waals surface area contributed by atoms with Crippen LogP contribution in [-0.4, -0.2) is 59.4 Å². The highest BCUT2D eigenvalue weighted by Crippen LogP contribution is 2.50. The number of nitrogens with one attached hydrogen (secondary N) is 3. The normalized spacial score (nSPS) is 15.5. The number of furan rings is 1. The van der Waals surface area contributed by atoms with Crippen LogP contribution in [0.2, 0.25) is 0 Å². The topological polar surface area (TPSA) is 208 Å². The number of benzene rings is 2. The Balaban J connectivity index is 1.42. The van der Waals surface area contributed by atoms with E-state index in [1.807, 2.05) is 0 Å². The van der Waals surface area contributed by atoms with Gasteiger partial charge in [0.2, 0.25) is 11.8 Å². The maximum absolute atomic E-state index is 14.1. The summed E-state index contributed by atoms with van der Waals surface area (Å²) in [5, 5.41) is 19.6. The molecular formula is C37H50ClN6O9P. The number of hydrogen-bond donors (Lipinski definition) is 4. The Hall–Kier alpha value is -4.43. The first-order valence-corrected chi connectivity index (χ1v) is 20.2. The van der Waals surface area contributed by atoms with Crippen molar-refractivity contribution >= 4 is 48.6 Å². The SMILES string of the molecule is CC(=O)N[C@@H](Cc1ccc(NP(=O)(OCc2ccc([N+](=O)[O-])o2)N(C)CCCCCl)cc1)C(=O)NC(C)c1ccc(OCC2CCCCC2)c(C(N)=O)c1. The number of anilines is 1. The number of nitro groups is 1. The molecule has 3 amide bonds. The van der Waals surface area contributed by atoms with Crippen molar-refractivity contribution in [3.63, 3.8) is 0 Å². The van der Waals surface area contributed by atoms with Gasteiger partial charge in [-0.3, -0.25) is 29.0 Å². The highest BCUT2D eigenvalue weighted by atomic mass is 35.5. The van der Waals surface area contributed by atoms with Crippen molar-refractivity contribution in [1.29, 1.82) is 0 Å². The van der Waals surface area contributed by atoms with Crippen LogP contribution >= 0.6 is 19.3 Å². The first kappa shape index (κ1) is 42.3. The number of hydrogen-bond acceptors (Lipinski definition) is 9. The molecule has 4 rings (SSSR count). The quantitative estimate of drug-likeness (QED) is 0.0288. The van der Waals surface area contributed by atoms with E-state index in [1.165, 1.54) is 43.0 Å². The van der Waals surface area contributed by atoms with Crippen LogP contribution in [0.5, 0.6) is 5.75 Å². The average molecular weight is 789 g/mol. The summed E-state index contributed by atoms with van der Waals surface area (Å²) in [6.45, 7) is 3.71.